The monoisotopic (exact) mass is 2090 g/mol. The molecule has 4 aliphatic rings. The van der Waals surface area contributed by atoms with Gasteiger partial charge in [0.25, 0.3) is 0 Å². The molecule has 0 aromatic heterocycles. The van der Waals surface area contributed by atoms with Gasteiger partial charge in [0.05, 0.1) is 132 Å². The van der Waals surface area contributed by atoms with E-state index in [1.807, 2.05) is 94.5 Å². The van der Waals surface area contributed by atoms with Gasteiger partial charge in [0, 0.05) is 83.1 Å². The average Bonchev–Trinajstić information content (AvgIpc) is 0.832. The molecule has 0 saturated heterocycles. The number of rotatable bonds is 79. The molecule has 27 heteroatoms. The summed E-state index contributed by atoms with van der Waals surface area (Å²) in [5.74, 6) is -1.83. The number of ether oxygens (including phenoxy) is 11. The molecule has 0 aromatic rings. The van der Waals surface area contributed by atoms with E-state index in [1.54, 1.807) is 23.3 Å². The largest absolute Gasteiger partial charge is 0.379 e. The fourth-order valence-corrected chi connectivity index (χ4v) is 18.4. The van der Waals surface area contributed by atoms with Crippen LogP contribution in [0, 0.1) is 21.7 Å². The summed E-state index contributed by atoms with van der Waals surface area (Å²) in [6, 6.07) is -1.57. The Bertz CT molecular complexity index is 4680. The van der Waals surface area contributed by atoms with Crippen LogP contribution in [0.5, 0.6) is 0 Å². The third-order valence-corrected chi connectivity index (χ3v) is 27.2. The molecule has 0 saturated carbocycles. The van der Waals surface area contributed by atoms with E-state index < -0.39 is 18.3 Å². The van der Waals surface area contributed by atoms with E-state index in [-0.39, 0.29) is 82.8 Å². The zero-order valence-corrected chi connectivity index (χ0v) is 95.8. The molecule has 0 radical (unpaired) electrons. The first-order chi connectivity index (χ1) is 71.8. The lowest BCUT2D eigenvalue weighted by atomic mass is 9.71. The van der Waals surface area contributed by atoms with Gasteiger partial charge in [-0.05, 0) is 285 Å². The molecule has 9 N–H and O–H groups in total. The maximum absolute atomic E-state index is 13.6. The maximum atomic E-state index is 13.6. The first-order valence-electron chi connectivity index (χ1n) is 55.5. The highest BCUT2D eigenvalue weighted by Gasteiger charge is 2.32. The van der Waals surface area contributed by atoms with Crippen molar-refractivity contribution in [2.24, 2.45) is 21.7 Å². The number of hydrogen-bond donors (Lipinski definition) is 9. The van der Waals surface area contributed by atoms with E-state index >= 15 is 0 Å². The molecule has 0 spiro atoms. The second-order valence-electron chi connectivity index (χ2n) is 42.8. The van der Waals surface area contributed by atoms with Crippen molar-refractivity contribution in [3.8, 4) is 0 Å². The molecule has 0 bridgehead atoms. The summed E-state index contributed by atoms with van der Waals surface area (Å²) in [4.78, 5) is 92.2. The predicted octanol–water partition coefficient (Wildman–Crippen LogP) is 20.8. The molecule has 0 fully saturated rings. The lowest BCUT2D eigenvalue weighted by molar-refractivity contribution is -0.127. The van der Waals surface area contributed by atoms with E-state index in [9.17, 15) is 38.7 Å². The van der Waals surface area contributed by atoms with Crippen LogP contribution in [-0.2, 0) is 85.7 Å². The SMILES string of the molecule is CC1=C(/C=C/C(C)=C/C=C/C(C)=C/C(=O)NCCCC[C@H](NC(=O)/C=C(C)/C=C/C=C(C)/C=C/C2=C(C)CCCC2(C)C)C(=O)NCCCOCCOCCOCCNC(=O)CCOCCOCCOCCOCCOCCC(O)NCOCCOCCOCCCNC(=O)[C@H](CCCCNC(=O)/C=C(C)/C=C/C=C(\C)CCC2=C(C)CCCC2(C)C)NC(=O)/C=C(C)/C=C/C=C(C)/C=C/C2=C(C)CCCC2(C)C)C(C)(C)CCC1. The van der Waals surface area contributed by atoms with Gasteiger partial charge in [-0.1, -0.05) is 215 Å². The molecule has 27 nitrogen and oxygen atoms in total. The van der Waals surface area contributed by atoms with Crippen LogP contribution < -0.4 is 42.5 Å². The minimum Gasteiger partial charge on any atom is -0.379 e. The lowest BCUT2D eigenvalue weighted by Gasteiger charge is -2.34. The Morgan fingerprint density at radius 2 is 0.633 bits per heavy atom. The molecular formula is C123H196N8O19. The van der Waals surface area contributed by atoms with Crippen molar-refractivity contribution in [2.45, 2.75) is 311 Å². The Balaban J connectivity index is 0.963. The molecule has 3 atom stereocenters. The van der Waals surface area contributed by atoms with Gasteiger partial charge in [-0.25, -0.2) is 0 Å². The van der Waals surface area contributed by atoms with Crippen LogP contribution in [-0.4, -0.2) is 243 Å². The summed E-state index contributed by atoms with van der Waals surface area (Å²) in [5, 5.41) is 33.8. The Kier molecular flexibility index (Phi) is 70.0. The number of amides is 7. The number of hydrogen-bond acceptors (Lipinski definition) is 20. The zero-order chi connectivity index (χ0) is 110. The summed E-state index contributed by atoms with van der Waals surface area (Å²) in [7, 11) is 0. The van der Waals surface area contributed by atoms with Crippen molar-refractivity contribution >= 4 is 41.4 Å². The summed E-state index contributed by atoms with van der Waals surface area (Å²) in [6.45, 7) is 53.0. The number of allylic oxidation sites excluding steroid dienone is 34. The van der Waals surface area contributed by atoms with Gasteiger partial charge >= 0.3 is 0 Å². The van der Waals surface area contributed by atoms with Crippen LogP contribution in [0.4, 0.5) is 0 Å². The van der Waals surface area contributed by atoms with Gasteiger partial charge in [0.1, 0.15) is 18.3 Å². The van der Waals surface area contributed by atoms with Gasteiger partial charge in [-0.15, -0.1) is 0 Å². The third kappa shape index (κ3) is 63.5. The molecule has 7 amide bonds. The van der Waals surface area contributed by atoms with Crippen molar-refractivity contribution in [1.29, 1.82) is 0 Å². The van der Waals surface area contributed by atoms with Crippen molar-refractivity contribution in [1.82, 2.24) is 42.5 Å². The molecule has 842 valence electrons. The predicted molar refractivity (Wildman–Crippen MR) is 608 cm³/mol. The van der Waals surface area contributed by atoms with E-state index in [4.69, 9.17) is 52.1 Å². The molecule has 4 rings (SSSR count). The Morgan fingerprint density at radius 3 is 1.01 bits per heavy atom. The van der Waals surface area contributed by atoms with Crippen LogP contribution in [0.3, 0.4) is 0 Å². The Hall–Kier alpha value is -9.17. The first kappa shape index (κ1) is 133. The molecule has 4 aliphatic carbocycles. The van der Waals surface area contributed by atoms with Crippen LogP contribution in [0.2, 0.25) is 0 Å². The minimum absolute atomic E-state index is 0.132. The summed E-state index contributed by atoms with van der Waals surface area (Å²) in [5.41, 5.74) is 20.3. The van der Waals surface area contributed by atoms with Gasteiger partial charge in [0.2, 0.25) is 41.4 Å². The van der Waals surface area contributed by atoms with Gasteiger partial charge < -0.3 is 94.4 Å². The number of aliphatic hydroxyl groups excluding tert-OH is 1. The van der Waals surface area contributed by atoms with Gasteiger partial charge in [0.15, 0.2) is 0 Å². The standard InChI is InChI=1S/C123H196N8O19/c1-94(49-53-106-102(9)43-29-59-120(106,13)14)35-25-39-98(5)89-114(134)124-63-23-21-47-110(130-116(136)91-100(7)41-27-37-96(3)51-55-108-104(11)45-31-61-122(108,17)18)118(138)127-65-33-68-140-73-78-145-82-77-144-72-67-126-112(132)57-70-142-75-80-146-83-85-148-86-84-147-81-76-143-71-58-113(133)129-93-150-88-87-149-79-74-141-69-34-66-128-119(139)111(131-117(137)92-101(8)42-28-38-97(4)52-56-109-105(12)46-32-62-123(109,19)20)48-22-24-64-125-115(135)90-99(6)40-26-36-95(2)50-54-107-103(10)44-30-60-121(107,15)16/h25-28,35-42,49,51-53,55-56,89-92,110-111,113,129,133H,21-24,29-34,43-48,50,54,57-88,93H2,1-20H3,(H,124,134)(H,125,135)(H,126,132)(H,127,138)(H,128,139)(H,130,136)(H,131,137)/b39-25+,40-26+,41-27+,42-28+,53-49+,55-51+,56-52+,94-35+,95-36+,96-37+,97-38+,98-89+,99-90+,100-91+,101-92+/t110-,111-,113?/m0/s1. The second kappa shape index (κ2) is 78.9. The first-order valence-corrected chi connectivity index (χ1v) is 55.5. The van der Waals surface area contributed by atoms with Crippen molar-refractivity contribution in [2.75, 3.05) is 178 Å². The quantitative estimate of drug-likeness (QED) is 0.00898. The van der Waals surface area contributed by atoms with Crippen LogP contribution >= 0.6 is 0 Å². The van der Waals surface area contributed by atoms with E-state index in [1.165, 1.54) is 109 Å². The normalized spacial score (nSPS) is 17.6. The fraction of sp³-hybridized carbons (Fsp3) is 0.634. The van der Waals surface area contributed by atoms with Crippen LogP contribution in [0.25, 0.3) is 0 Å². The van der Waals surface area contributed by atoms with Crippen molar-refractivity contribution in [3.05, 3.63) is 223 Å². The topological polar surface area (TPSA) is 337 Å². The number of unbranched alkanes of at least 4 members (excludes halogenated alkanes) is 2. The zero-order valence-electron chi connectivity index (χ0n) is 95.8. The van der Waals surface area contributed by atoms with Crippen molar-refractivity contribution in [3.63, 3.8) is 0 Å². The van der Waals surface area contributed by atoms with Gasteiger partial charge in [-0.2, -0.15) is 0 Å². The number of carbonyl (C=O) groups is 7. The molecule has 150 heavy (non-hydrogen) atoms. The molecule has 0 heterocycles. The maximum Gasteiger partial charge on any atom is 0.244 e. The number of nitrogens with one attached hydrogen (secondary N) is 8. The summed E-state index contributed by atoms with van der Waals surface area (Å²) >= 11 is 0. The number of aliphatic hydroxyl groups is 1. The highest BCUT2D eigenvalue weighted by Crippen LogP contribution is 2.45. The smallest absolute Gasteiger partial charge is 0.244 e. The van der Waals surface area contributed by atoms with Crippen molar-refractivity contribution < 1.29 is 90.8 Å². The molecule has 0 aliphatic heterocycles. The minimum atomic E-state index is -0.815. The lowest BCUT2D eigenvalue weighted by Crippen LogP contribution is -2.46. The molecular weight excluding hydrogens is 1890 g/mol. The number of carbonyl (C=O) groups excluding carboxylic acids is 7. The van der Waals surface area contributed by atoms with E-state index in [0.29, 0.717) is 223 Å². The Labute approximate surface area is 903 Å². The molecule has 1 unspecified atom stereocenters. The third-order valence-electron chi connectivity index (χ3n) is 27.2. The summed E-state index contributed by atoms with van der Waals surface area (Å²) < 4.78 is 61.9. The van der Waals surface area contributed by atoms with Crippen LogP contribution in [0.15, 0.2) is 223 Å². The summed E-state index contributed by atoms with van der Waals surface area (Å²) in [6.07, 6.45) is 63.6. The highest BCUT2D eigenvalue weighted by molar-refractivity contribution is 5.94. The second-order valence-corrected chi connectivity index (χ2v) is 42.8. The van der Waals surface area contributed by atoms with E-state index in [0.717, 1.165) is 71.1 Å². The van der Waals surface area contributed by atoms with Crippen LogP contribution in [0.1, 0.15) is 293 Å². The fourth-order valence-electron chi connectivity index (χ4n) is 18.4. The highest BCUT2D eigenvalue weighted by atomic mass is 16.6. The van der Waals surface area contributed by atoms with Gasteiger partial charge in [-0.3, -0.25) is 38.9 Å². The van der Waals surface area contributed by atoms with E-state index in [2.05, 4.69) is 196 Å². The Morgan fingerprint density at radius 1 is 0.313 bits per heavy atom. The average molecular weight is 2090 g/mol. The molecule has 0 aromatic carbocycles.